The zero-order valence-electron chi connectivity index (χ0n) is 10.9. The van der Waals surface area contributed by atoms with Gasteiger partial charge in [-0.25, -0.2) is 0 Å². The molecule has 2 aromatic rings. The lowest BCUT2D eigenvalue weighted by atomic mass is 9.93. The zero-order chi connectivity index (χ0) is 13.2. The van der Waals surface area contributed by atoms with Crippen molar-refractivity contribution in [3.05, 3.63) is 51.2 Å². The molecule has 96 valence electrons. The number of aryl methyl sites for hydroxylation is 2. The van der Waals surface area contributed by atoms with Crippen LogP contribution in [0.25, 0.3) is 0 Å². The minimum Gasteiger partial charge on any atom is -0.377 e. The number of nitriles is 1. The molecule has 0 radical (unpaired) electrons. The third-order valence-corrected chi connectivity index (χ3v) is 4.67. The molecule has 1 unspecified atom stereocenters. The van der Waals surface area contributed by atoms with E-state index in [1.165, 1.54) is 23.3 Å². The Labute approximate surface area is 117 Å². The fraction of sp³-hybridized carbons (Fsp3) is 0.312. The molecule has 1 aliphatic carbocycles. The molecular weight excluding hydrogens is 252 g/mol. The van der Waals surface area contributed by atoms with E-state index in [9.17, 15) is 5.26 Å². The highest BCUT2D eigenvalue weighted by atomic mass is 32.1. The van der Waals surface area contributed by atoms with Gasteiger partial charge in [0.05, 0.1) is 17.3 Å². The third-order valence-electron chi connectivity index (χ3n) is 3.68. The van der Waals surface area contributed by atoms with Crippen LogP contribution in [-0.2, 0) is 6.42 Å². The Hall–Kier alpha value is -1.79. The molecule has 1 aliphatic rings. The number of hydrogen-bond acceptors (Lipinski definition) is 3. The van der Waals surface area contributed by atoms with E-state index in [1.807, 2.05) is 30.4 Å². The Morgan fingerprint density at radius 2 is 2.26 bits per heavy atom. The maximum atomic E-state index is 9.24. The molecule has 1 atom stereocenters. The lowest BCUT2D eigenvalue weighted by molar-refractivity contribution is 0.609. The number of thiophene rings is 1. The second kappa shape index (κ2) is 5.07. The number of fused-ring (bicyclic) bond motifs is 1. The summed E-state index contributed by atoms with van der Waals surface area (Å²) in [5.41, 5.74) is 4.24. The van der Waals surface area contributed by atoms with E-state index in [2.05, 4.69) is 28.9 Å². The Kier molecular flexibility index (Phi) is 3.27. The van der Waals surface area contributed by atoms with Crippen LogP contribution >= 0.6 is 11.3 Å². The van der Waals surface area contributed by atoms with Crippen LogP contribution in [0.4, 0.5) is 5.69 Å². The molecule has 3 rings (SSSR count). The molecule has 0 amide bonds. The molecule has 1 aromatic heterocycles. The first-order valence-electron chi connectivity index (χ1n) is 6.61. The summed E-state index contributed by atoms with van der Waals surface area (Å²) in [6.45, 7) is 2.02. The second-order valence-corrected chi connectivity index (χ2v) is 6.05. The van der Waals surface area contributed by atoms with E-state index in [-0.39, 0.29) is 0 Å². The average molecular weight is 268 g/mol. The van der Waals surface area contributed by atoms with Gasteiger partial charge in [0, 0.05) is 4.88 Å². The molecule has 0 saturated heterocycles. The summed E-state index contributed by atoms with van der Waals surface area (Å²) in [6.07, 6.45) is 3.56. The predicted molar refractivity (Wildman–Crippen MR) is 79.5 cm³/mol. The molecule has 0 aliphatic heterocycles. The van der Waals surface area contributed by atoms with Crippen LogP contribution in [0.3, 0.4) is 0 Å². The Balaban J connectivity index is 1.90. The van der Waals surface area contributed by atoms with Gasteiger partial charge in [-0.1, -0.05) is 6.07 Å². The molecule has 1 N–H and O–H groups in total. The highest BCUT2D eigenvalue weighted by molar-refractivity contribution is 7.10. The van der Waals surface area contributed by atoms with Gasteiger partial charge in [-0.05, 0) is 60.9 Å². The van der Waals surface area contributed by atoms with Gasteiger partial charge < -0.3 is 5.32 Å². The minimum absolute atomic E-state index is 0.352. The molecule has 1 aromatic carbocycles. The van der Waals surface area contributed by atoms with Crippen molar-refractivity contribution in [1.29, 1.82) is 5.26 Å². The van der Waals surface area contributed by atoms with Crippen LogP contribution in [0.15, 0.2) is 29.6 Å². The van der Waals surface area contributed by atoms with E-state index in [0.29, 0.717) is 6.04 Å². The lowest BCUT2D eigenvalue weighted by Crippen LogP contribution is -2.16. The van der Waals surface area contributed by atoms with Gasteiger partial charge in [-0.3, -0.25) is 0 Å². The van der Waals surface area contributed by atoms with Crippen LogP contribution < -0.4 is 5.32 Å². The highest BCUT2D eigenvalue weighted by Gasteiger charge is 2.21. The first-order chi connectivity index (χ1) is 9.28. The van der Waals surface area contributed by atoms with Gasteiger partial charge in [0.2, 0.25) is 0 Å². The summed E-state index contributed by atoms with van der Waals surface area (Å²) in [4.78, 5) is 1.49. The van der Waals surface area contributed by atoms with Crippen LogP contribution in [0, 0.1) is 18.3 Å². The first-order valence-corrected chi connectivity index (χ1v) is 7.49. The number of rotatable bonds is 2. The summed E-state index contributed by atoms with van der Waals surface area (Å²) in [7, 11) is 0. The Morgan fingerprint density at radius 3 is 3.11 bits per heavy atom. The molecule has 3 heteroatoms. The van der Waals surface area contributed by atoms with Crippen molar-refractivity contribution in [3.8, 4) is 6.07 Å². The third kappa shape index (κ3) is 2.36. The van der Waals surface area contributed by atoms with Crippen molar-refractivity contribution in [2.75, 3.05) is 5.32 Å². The van der Waals surface area contributed by atoms with Crippen LogP contribution in [-0.4, -0.2) is 0 Å². The molecule has 19 heavy (non-hydrogen) atoms. The van der Waals surface area contributed by atoms with Gasteiger partial charge in [0.1, 0.15) is 6.07 Å². The van der Waals surface area contributed by atoms with Gasteiger partial charge in [0.15, 0.2) is 0 Å². The van der Waals surface area contributed by atoms with Gasteiger partial charge in [0.25, 0.3) is 0 Å². The summed E-state index contributed by atoms with van der Waals surface area (Å²) < 4.78 is 0. The lowest BCUT2D eigenvalue weighted by Gasteiger charge is -2.25. The molecule has 0 bridgehead atoms. The number of benzene rings is 1. The van der Waals surface area contributed by atoms with E-state index in [0.717, 1.165) is 23.2 Å². The Morgan fingerprint density at radius 1 is 1.37 bits per heavy atom. The molecular formula is C16H16N2S. The highest BCUT2D eigenvalue weighted by Crippen LogP contribution is 2.36. The van der Waals surface area contributed by atoms with Crippen molar-refractivity contribution >= 4 is 17.0 Å². The van der Waals surface area contributed by atoms with E-state index in [4.69, 9.17) is 0 Å². The smallest absolute Gasteiger partial charge is 0.101 e. The standard InChI is InChI=1S/C16H16N2S/c1-11-5-6-14(12(9-11)10-17)18-15-3-2-4-16-13(15)7-8-19-16/h5-9,15,18H,2-4H2,1H3. The van der Waals surface area contributed by atoms with Gasteiger partial charge >= 0.3 is 0 Å². The fourth-order valence-corrected chi connectivity index (χ4v) is 3.69. The van der Waals surface area contributed by atoms with Crippen LogP contribution in [0.5, 0.6) is 0 Å². The average Bonchev–Trinajstić information content (AvgIpc) is 2.90. The summed E-state index contributed by atoms with van der Waals surface area (Å²) in [6, 6.07) is 10.9. The van der Waals surface area contributed by atoms with Crippen molar-refractivity contribution in [1.82, 2.24) is 0 Å². The van der Waals surface area contributed by atoms with Gasteiger partial charge in [-0.15, -0.1) is 11.3 Å². The summed E-state index contributed by atoms with van der Waals surface area (Å²) in [5.74, 6) is 0. The summed E-state index contributed by atoms with van der Waals surface area (Å²) >= 11 is 1.85. The maximum Gasteiger partial charge on any atom is 0.101 e. The monoisotopic (exact) mass is 268 g/mol. The molecule has 0 fully saturated rings. The Bertz CT molecular complexity index is 636. The SMILES string of the molecule is Cc1ccc(NC2CCCc3sccc32)c(C#N)c1. The number of hydrogen-bond donors (Lipinski definition) is 1. The van der Waals surface area contributed by atoms with Crippen LogP contribution in [0.1, 0.15) is 40.5 Å². The first kappa shape index (κ1) is 12.3. The summed E-state index contributed by atoms with van der Waals surface area (Å²) in [5, 5.41) is 15.0. The molecule has 2 nitrogen and oxygen atoms in total. The zero-order valence-corrected chi connectivity index (χ0v) is 11.8. The number of nitrogens with zero attached hydrogens (tertiary/aromatic N) is 1. The molecule has 0 spiro atoms. The largest absolute Gasteiger partial charge is 0.377 e. The van der Waals surface area contributed by atoms with E-state index >= 15 is 0 Å². The van der Waals surface area contributed by atoms with E-state index in [1.54, 1.807) is 0 Å². The molecule has 1 heterocycles. The molecule has 0 saturated carbocycles. The van der Waals surface area contributed by atoms with Gasteiger partial charge in [-0.2, -0.15) is 5.26 Å². The fourth-order valence-electron chi connectivity index (χ4n) is 2.70. The number of nitrogens with one attached hydrogen (secondary N) is 1. The van der Waals surface area contributed by atoms with Crippen LogP contribution in [0.2, 0.25) is 0 Å². The second-order valence-electron chi connectivity index (χ2n) is 5.05. The van der Waals surface area contributed by atoms with E-state index < -0.39 is 0 Å². The van der Waals surface area contributed by atoms with Crippen molar-refractivity contribution in [2.24, 2.45) is 0 Å². The van der Waals surface area contributed by atoms with Crippen molar-refractivity contribution in [2.45, 2.75) is 32.2 Å². The number of anilines is 1. The normalized spacial score (nSPS) is 17.6. The van der Waals surface area contributed by atoms with Crippen molar-refractivity contribution < 1.29 is 0 Å². The quantitative estimate of drug-likeness (QED) is 0.875. The predicted octanol–water partition coefficient (Wildman–Crippen LogP) is 4.42. The van der Waals surface area contributed by atoms with Crippen molar-refractivity contribution in [3.63, 3.8) is 0 Å². The topological polar surface area (TPSA) is 35.8 Å². The minimum atomic E-state index is 0.352. The maximum absolute atomic E-state index is 9.24.